The molecule has 0 aliphatic rings. The second kappa shape index (κ2) is 8.71. The third-order valence-electron chi connectivity index (χ3n) is 4.68. The Balaban J connectivity index is 1.87. The van der Waals surface area contributed by atoms with Crippen LogP contribution >= 0.6 is 0 Å². The molecule has 0 bridgehead atoms. The molecule has 0 aliphatic carbocycles. The number of sulfonamides is 1. The number of halogens is 1. The van der Waals surface area contributed by atoms with Crippen LogP contribution in [0.25, 0.3) is 10.9 Å². The number of hydrogen-bond donors (Lipinski definition) is 1. The summed E-state index contributed by atoms with van der Waals surface area (Å²) < 4.78 is 41.2. The smallest absolute Gasteiger partial charge is 0.243 e. The third kappa shape index (κ3) is 4.99. The summed E-state index contributed by atoms with van der Waals surface area (Å²) in [4.78, 5) is 14.5. The molecule has 0 radical (unpaired) electrons. The van der Waals surface area contributed by atoms with Crippen LogP contribution in [0, 0.1) is 12.7 Å². The summed E-state index contributed by atoms with van der Waals surface area (Å²) in [6.45, 7) is 3.57. The van der Waals surface area contributed by atoms with E-state index in [1.165, 1.54) is 29.4 Å². The Morgan fingerprint density at radius 3 is 2.59 bits per heavy atom. The van der Waals surface area contributed by atoms with Crippen molar-refractivity contribution in [3.05, 3.63) is 77.8 Å². The fourth-order valence-electron chi connectivity index (χ4n) is 3.11. The Labute approximate surface area is 169 Å². The molecule has 0 unspecified atom stereocenters. The lowest BCUT2D eigenvalue weighted by Gasteiger charge is -2.21. The number of H-pyrrole nitrogens is 1. The molecule has 152 valence electrons. The van der Waals surface area contributed by atoms with E-state index in [1.807, 2.05) is 6.92 Å². The fourth-order valence-corrected chi connectivity index (χ4v) is 4.50. The van der Waals surface area contributed by atoms with Gasteiger partial charge in [0.15, 0.2) is 5.78 Å². The lowest BCUT2D eigenvalue weighted by Crippen LogP contribution is -2.33. The van der Waals surface area contributed by atoms with Gasteiger partial charge in [-0.15, -0.1) is 0 Å². The topological polar surface area (TPSA) is 70.2 Å². The first-order chi connectivity index (χ1) is 13.8. The molecule has 0 amide bonds. The molecular weight excluding hydrogens is 391 g/mol. The van der Waals surface area contributed by atoms with Crippen LogP contribution in [-0.4, -0.2) is 36.6 Å². The standard InChI is InChI=1S/C22H23FN2O3S/c1-16-5-8-20(9-6-16)29(27,28)25(12-3-4-17(2)26)13-11-18-15-24-22-10-7-19(23)14-21(18)22/h3-10,14-15,24H,11-13H2,1-2H3/b4-3+. The van der Waals surface area contributed by atoms with Gasteiger partial charge in [-0.3, -0.25) is 4.79 Å². The molecule has 7 heteroatoms. The van der Waals surface area contributed by atoms with Gasteiger partial charge in [0.1, 0.15) is 5.82 Å². The summed E-state index contributed by atoms with van der Waals surface area (Å²) in [7, 11) is -3.74. The van der Waals surface area contributed by atoms with Crippen molar-refractivity contribution < 1.29 is 17.6 Å². The molecule has 0 spiro atoms. The number of aromatic amines is 1. The van der Waals surface area contributed by atoms with Crippen molar-refractivity contribution >= 4 is 26.7 Å². The maximum atomic E-state index is 13.6. The summed E-state index contributed by atoms with van der Waals surface area (Å²) in [6, 6.07) is 11.1. The van der Waals surface area contributed by atoms with Crippen molar-refractivity contribution in [1.82, 2.24) is 9.29 Å². The number of allylic oxidation sites excluding steroid dienone is 1. The van der Waals surface area contributed by atoms with E-state index < -0.39 is 10.0 Å². The lowest BCUT2D eigenvalue weighted by molar-refractivity contribution is -0.112. The van der Waals surface area contributed by atoms with Gasteiger partial charge in [0.2, 0.25) is 10.0 Å². The van der Waals surface area contributed by atoms with Crippen molar-refractivity contribution in [3.8, 4) is 0 Å². The average Bonchev–Trinajstić information content (AvgIpc) is 3.06. The number of ketones is 1. The van der Waals surface area contributed by atoms with Gasteiger partial charge in [-0.25, -0.2) is 12.8 Å². The second-order valence-electron chi connectivity index (χ2n) is 6.94. The van der Waals surface area contributed by atoms with Gasteiger partial charge in [-0.05, 0) is 62.2 Å². The van der Waals surface area contributed by atoms with Gasteiger partial charge in [-0.2, -0.15) is 4.31 Å². The molecule has 1 heterocycles. The van der Waals surface area contributed by atoms with E-state index in [1.54, 1.807) is 42.6 Å². The van der Waals surface area contributed by atoms with Crippen LogP contribution in [0.1, 0.15) is 18.1 Å². The van der Waals surface area contributed by atoms with E-state index in [4.69, 9.17) is 0 Å². The number of carbonyl (C=O) groups excluding carboxylic acids is 1. The number of benzene rings is 2. The highest BCUT2D eigenvalue weighted by Crippen LogP contribution is 2.22. The Kier molecular flexibility index (Phi) is 6.30. The van der Waals surface area contributed by atoms with E-state index >= 15 is 0 Å². The van der Waals surface area contributed by atoms with Crippen LogP contribution in [-0.2, 0) is 21.2 Å². The maximum absolute atomic E-state index is 13.6. The molecule has 5 nitrogen and oxygen atoms in total. The minimum Gasteiger partial charge on any atom is -0.361 e. The highest BCUT2D eigenvalue weighted by atomic mass is 32.2. The number of carbonyl (C=O) groups is 1. The molecule has 1 N–H and O–H groups in total. The molecule has 0 saturated heterocycles. The van der Waals surface area contributed by atoms with Gasteiger partial charge in [0, 0.05) is 30.2 Å². The van der Waals surface area contributed by atoms with Crippen molar-refractivity contribution in [2.45, 2.75) is 25.2 Å². The third-order valence-corrected chi connectivity index (χ3v) is 6.56. The van der Waals surface area contributed by atoms with Crippen molar-refractivity contribution in [2.24, 2.45) is 0 Å². The van der Waals surface area contributed by atoms with Gasteiger partial charge < -0.3 is 4.98 Å². The van der Waals surface area contributed by atoms with Gasteiger partial charge in [-0.1, -0.05) is 23.8 Å². The average molecular weight is 415 g/mol. The second-order valence-corrected chi connectivity index (χ2v) is 8.88. The molecular formula is C22H23FN2O3S. The van der Waals surface area contributed by atoms with Crippen molar-refractivity contribution in [2.75, 3.05) is 13.1 Å². The molecule has 3 rings (SSSR count). The van der Waals surface area contributed by atoms with Crippen molar-refractivity contribution in [1.29, 1.82) is 0 Å². The number of nitrogens with zero attached hydrogens (tertiary/aromatic N) is 1. The molecule has 1 aromatic heterocycles. The quantitative estimate of drug-likeness (QED) is 0.567. The molecule has 0 saturated carbocycles. The maximum Gasteiger partial charge on any atom is 0.243 e. The number of rotatable bonds is 8. The van der Waals surface area contributed by atoms with Crippen LogP contribution in [0.4, 0.5) is 4.39 Å². The lowest BCUT2D eigenvalue weighted by atomic mass is 10.1. The Hall–Kier alpha value is -2.77. The summed E-state index contributed by atoms with van der Waals surface area (Å²) in [6.07, 6.45) is 5.08. The summed E-state index contributed by atoms with van der Waals surface area (Å²) >= 11 is 0. The predicted octanol–water partition coefficient (Wildman–Crippen LogP) is 3.99. The number of fused-ring (bicyclic) bond motifs is 1. The van der Waals surface area contributed by atoms with Crippen LogP contribution in [0.2, 0.25) is 0 Å². The largest absolute Gasteiger partial charge is 0.361 e. The minimum atomic E-state index is -3.74. The zero-order chi connectivity index (χ0) is 21.0. The summed E-state index contributed by atoms with van der Waals surface area (Å²) in [5.74, 6) is -0.489. The molecule has 2 aromatic carbocycles. The number of hydrogen-bond acceptors (Lipinski definition) is 3. The monoisotopic (exact) mass is 414 g/mol. The first kappa shape index (κ1) is 21.0. The number of aryl methyl sites for hydroxylation is 1. The Bertz CT molecular complexity index is 1150. The SMILES string of the molecule is CC(=O)/C=C/CN(CCc1c[nH]c2ccc(F)cc12)S(=O)(=O)c1ccc(C)cc1. The summed E-state index contributed by atoms with van der Waals surface area (Å²) in [5, 5.41) is 0.733. The van der Waals surface area contributed by atoms with Crippen molar-refractivity contribution in [3.63, 3.8) is 0 Å². The molecule has 0 atom stereocenters. The van der Waals surface area contributed by atoms with E-state index in [0.717, 1.165) is 22.0 Å². The zero-order valence-corrected chi connectivity index (χ0v) is 17.2. The molecule has 29 heavy (non-hydrogen) atoms. The zero-order valence-electron chi connectivity index (χ0n) is 16.4. The van der Waals surface area contributed by atoms with Crippen LogP contribution in [0.5, 0.6) is 0 Å². The number of aromatic nitrogens is 1. The van der Waals surface area contributed by atoms with E-state index in [2.05, 4.69) is 4.98 Å². The van der Waals surface area contributed by atoms with Gasteiger partial charge in [0.25, 0.3) is 0 Å². The van der Waals surface area contributed by atoms with Crippen LogP contribution < -0.4 is 0 Å². The Morgan fingerprint density at radius 1 is 1.17 bits per heavy atom. The first-order valence-electron chi connectivity index (χ1n) is 9.27. The van der Waals surface area contributed by atoms with E-state index in [-0.39, 0.29) is 29.6 Å². The normalized spacial score (nSPS) is 12.3. The first-order valence-corrected chi connectivity index (χ1v) is 10.7. The van der Waals surface area contributed by atoms with Crippen LogP contribution in [0.3, 0.4) is 0 Å². The highest BCUT2D eigenvalue weighted by molar-refractivity contribution is 7.89. The highest BCUT2D eigenvalue weighted by Gasteiger charge is 2.23. The summed E-state index contributed by atoms with van der Waals surface area (Å²) in [5.41, 5.74) is 2.60. The van der Waals surface area contributed by atoms with Gasteiger partial charge >= 0.3 is 0 Å². The van der Waals surface area contributed by atoms with Gasteiger partial charge in [0.05, 0.1) is 4.90 Å². The minimum absolute atomic E-state index is 0.0759. The van der Waals surface area contributed by atoms with E-state index in [9.17, 15) is 17.6 Å². The molecule has 0 fully saturated rings. The van der Waals surface area contributed by atoms with Crippen LogP contribution in [0.15, 0.2) is 65.7 Å². The Morgan fingerprint density at radius 2 is 1.90 bits per heavy atom. The van der Waals surface area contributed by atoms with E-state index in [0.29, 0.717) is 6.42 Å². The number of nitrogens with one attached hydrogen (secondary N) is 1. The fraction of sp³-hybridized carbons (Fsp3) is 0.227. The molecule has 0 aliphatic heterocycles. The predicted molar refractivity (Wildman–Crippen MR) is 112 cm³/mol. The molecule has 3 aromatic rings.